The molecule has 0 unspecified atom stereocenters. The van der Waals surface area contributed by atoms with Crippen molar-refractivity contribution in [2.24, 2.45) is 0 Å². The summed E-state index contributed by atoms with van der Waals surface area (Å²) in [5, 5.41) is 12.4. The fourth-order valence-corrected chi connectivity index (χ4v) is 2.17. The third-order valence-corrected chi connectivity index (χ3v) is 2.98. The van der Waals surface area contributed by atoms with Crippen LogP contribution in [-0.2, 0) is 4.79 Å². The highest BCUT2D eigenvalue weighted by atomic mass is 16.3. The van der Waals surface area contributed by atoms with E-state index in [0.29, 0.717) is 6.54 Å². The van der Waals surface area contributed by atoms with Crippen molar-refractivity contribution < 1.29 is 9.90 Å². The van der Waals surface area contributed by atoms with Crippen molar-refractivity contribution in [3.63, 3.8) is 0 Å². The zero-order valence-corrected chi connectivity index (χ0v) is 9.75. The Hall–Kier alpha value is -0.610. The summed E-state index contributed by atoms with van der Waals surface area (Å²) in [4.78, 5) is 13.5. The van der Waals surface area contributed by atoms with Crippen LogP contribution in [0.25, 0.3) is 0 Å². The number of likely N-dealkylation sites (N-methyl/N-ethyl adjacent to an activating group) is 1. The van der Waals surface area contributed by atoms with E-state index in [2.05, 4.69) is 5.32 Å². The van der Waals surface area contributed by atoms with E-state index in [-0.39, 0.29) is 18.1 Å². The third-order valence-electron chi connectivity index (χ3n) is 2.98. The summed E-state index contributed by atoms with van der Waals surface area (Å²) in [5.41, 5.74) is -0.342. The van der Waals surface area contributed by atoms with E-state index in [0.717, 1.165) is 25.7 Å². The fourth-order valence-electron chi connectivity index (χ4n) is 2.17. The number of carbonyl (C=O) groups excluding carboxylic acids is 1. The van der Waals surface area contributed by atoms with Gasteiger partial charge in [0.1, 0.15) is 0 Å². The van der Waals surface area contributed by atoms with Gasteiger partial charge in [-0.2, -0.15) is 0 Å². The van der Waals surface area contributed by atoms with Gasteiger partial charge in [-0.1, -0.05) is 19.3 Å². The molecule has 1 rings (SSSR count). The number of nitrogens with one attached hydrogen (secondary N) is 1. The number of nitrogens with zero attached hydrogens (tertiary/aromatic N) is 1. The van der Waals surface area contributed by atoms with Gasteiger partial charge < -0.3 is 15.3 Å². The molecule has 1 amide bonds. The number of hydrogen-bond acceptors (Lipinski definition) is 3. The van der Waals surface area contributed by atoms with E-state index in [1.54, 1.807) is 0 Å². The first kappa shape index (κ1) is 12.5. The summed E-state index contributed by atoms with van der Waals surface area (Å²) in [6, 6.07) is 0. The van der Waals surface area contributed by atoms with Gasteiger partial charge in [-0.15, -0.1) is 0 Å². The number of carbonyl (C=O) groups is 1. The van der Waals surface area contributed by atoms with Crippen molar-refractivity contribution in [1.82, 2.24) is 10.2 Å². The zero-order chi connectivity index (χ0) is 11.3. The van der Waals surface area contributed by atoms with Crippen LogP contribution in [0.4, 0.5) is 0 Å². The molecule has 1 aliphatic carbocycles. The molecule has 88 valence electrons. The third kappa shape index (κ3) is 3.80. The predicted molar refractivity (Wildman–Crippen MR) is 59.6 cm³/mol. The number of aliphatic hydroxyl groups is 1. The molecule has 0 aromatic heterocycles. The SMILES string of the molecule is CN(C)CC(=O)NC1(CO)CCCCC1. The molecule has 0 spiro atoms. The second-order valence-corrected chi connectivity index (χ2v) is 4.79. The van der Waals surface area contributed by atoms with Gasteiger partial charge in [0.15, 0.2) is 0 Å². The predicted octanol–water partition coefficient (Wildman–Crippen LogP) is 0.359. The van der Waals surface area contributed by atoms with Crippen molar-refractivity contribution in [2.45, 2.75) is 37.6 Å². The van der Waals surface area contributed by atoms with E-state index >= 15 is 0 Å². The van der Waals surface area contributed by atoms with Gasteiger partial charge >= 0.3 is 0 Å². The minimum absolute atomic E-state index is 0.0101. The standard InChI is InChI=1S/C11H22N2O2/c1-13(2)8-10(15)12-11(9-14)6-4-3-5-7-11/h14H,3-9H2,1-2H3,(H,12,15). The van der Waals surface area contributed by atoms with Crippen molar-refractivity contribution in [3.05, 3.63) is 0 Å². The monoisotopic (exact) mass is 214 g/mol. The summed E-state index contributed by atoms with van der Waals surface area (Å²) >= 11 is 0. The summed E-state index contributed by atoms with van der Waals surface area (Å²) < 4.78 is 0. The van der Waals surface area contributed by atoms with Crippen molar-refractivity contribution >= 4 is 5.91 Å². The fraction of sp³-hybridized carbons (Fsp3) is 0.909. The summed E-state index contributed by atoms with van der Waals surface area (Å²) in [6.07, 6.45) is 5.22. The van der Waals surface area contributed by atoms with E-state index in [1.807, 2.05) is 19.0 Å². The first-order valence-corrected chi connectivity index (χ1v) is 5.65. The topological polar surface area (TPSA) is 52.6 Å². The number of hydrogen-bond donors (Lipinski definition) is 2. The van der Waals surface area contributed by atoms with Crippen LogP contribution in [-0.4, -0.2) is 48.7 Å². The molecule has 4 heteroatoms. The zero-order valence-electron chi connectivity index (χ0n) is 9.75. The van der Waals surface area contributed by atoms with Crippen LogP contribution in [0.1, 0.15) is 32.1 Å². The highest BCUT2D eigenvalue weighted by molar-refractivity contribution is 5.78. The molecule has 1 fully saturated rings. The molecule has 1 aliphatic rings. The average Bonchev–Trinajstić information content (AvgIpc) is 2.17. The Morgan fingerprint density at radius 1 is 1.33 bits per heavy atom. The number of rotatable bonds is 4. The van der Waals surface area contributed by atoms with Gasteiger partial charge in [-0.3, -0.25) is 4.79 Å². The van der Waals surface area contributed by atoms with E-state index in [1.165, 1.54) is 6.42 Å². The minimum atomic E-state index is -0.342. The molecule has 0 radical (unpaired) electrons. The lowest BCUT2D eigenvalue weighted by Crippen LogP contribution is -2.54. The molecular formula is C11H22N2O2. The second-order valence-electron chi connectivity index (χ2n) is 4.79. The van der Waals surface area contributed by atoms with Crippen LogP contribution in [0.5, 0.6) is 0 Å². The molecule has 15 heavy (non-hydrogen) atoms. The highest BCUT2D eigenvalue weighted by Crippen LogP contribution is 2.27. The number of amides is 1. The maximum Gasteiger partial charge on any atom is 0.234 e. The van der Waals surface area contributed by atoms with Gasteiger partial charge in [0, 0.05) is 0 Å². The highest BCUT2D eigenvalue weighted by Gasteiger charge is 2.32. The Bertz CT molecular complexity index is 211. The number of aliphatic hydroxyl groups excluding tert-OH is 1. The largest absolute Gasteiger partial charge is 0.394 e. The Balaban J connectivity index is 2.47. The van der Waals surface area contributed by atoms with Gasteiger partial charge in [-0.25, -0.2) is 0 Å². The average molecular weight is 214 g/mol. The maximum absolute atomic E-state index is 11.6. The van der Waals surface area contributed by atoms with E-state index in [9.17, 15) is 9.90 Å². The molecule has 0 aromatic rings. The Morgan fingerprint density at radius 2 is 1.93 bits per heavy atom. The second kappa shape index (κ2) is 5.47. The van der Waals surface area contributed by atoms with Crippen LogP contribution in [0, 0.1) is 0 Å². The van der Waals surface area contributed by atoms with Crippen LogP contribution in [0.3, 0.4) is 0 Å². The molecule has 0 aromatic carbocycles. The molecule has 0 saturated heterocycles. The Labute approximate surface area is 91.6 Å². The molecule has 0 bridgehead atoms. The van der Waals surface area contributed by atoms with E-state index in [4.69, 9.17) is 0 Å². The molecule has 0 heterocycles. The minimum Gasteiger partial charge on any atom is -0.394 e. The lowest BCUT2D eigenvalue weighted by Gasteiger charge is -2.36. The summed E-state index contributed by atoms with van der Waals surface area (Å²) in [7, 11) is 3.73. The van der Waals surface area contributed by atoms with Crippen LogP contribution in [0.2, 0.25) is 0 Å². The molecule has 0 atom stereocenters. The van der Waals surface area contributed by atoms with Crippen molar-refractivity contribution in [2.75, 3.05) is 27.2 Å². The van der Waals surface area contributed by atoms with Crippen molar-refractivity contribution in [1.29, 1.82) is 0 Å². The molecule has 4 nitrogen and oxygen atoms in total. The molecular weight excluding hydrogens is 192 g/mol. The van der Waals surface area contributed by atoms with Crippen LogP contribution in [0.15, 0.2) is 0 Å². The quantitative estimate of drug-likeness (QED) is 0.710. The maximum atomic E-state index is 11.6. The Morgan fingerprint density at radius 3 is 2.40 bits per heavy atom. The van der Waals surface area contributed by atoms with Crippen molar-refractivity contribution in [3.8, 4) is 0 Å². The molecule has 0 aliphatic heterocycles. The van der Waals surface area contributed by atoms with E-state index < -0.39 is 0 Å². The summed E-state index contributed by atoms with van der Waals surface area (Å²) in [6.45, 7) is 0.452. The van der Waals surface area contributed by atoms with Crippen LogP contribution >= 0.6 is 0 Å². The van der Waals surface area contributed by atoms with Crippen LogP contribution < -0.4 is 5.32 Å². The normalized spacial score (nSPS) is 20.3. The lowest BCUT2D eigenvalue weighted by atomic mass is 9.82. The van der Waals surface area contributed by atoms with Gasteiger partial charge in [-0.05, 0) is 26.9 Å². The lowest BCUT2D eigenvalue weighted by molar-refractivity contribution is -0.124. The van der Waals surface area contributed by atoms with Gasteiger partial charge in [0.25, 0.3) is 0 Å². The first-order chi connectivity index (χ1) is 7.08. The first-order valence-electron chi connectivity index (χ1n) is 5.65. The van der Waals surface area contributed by atoms with Gasteiger partial charge in [0.2, 0.25) is 5.91 Å². The van der Waals surface area contributed by atoms with Gasteiger partial charge in [0.05, 0.1) is 18.7 Å². The smallest absolute Gasteiger partial charge is 0.234 e. The summed E-state index contributed by atoms with van der Waals surface area (Å²) in [5.74, 6) is 0.0101. The molecule has 2 N–H and O–H groups in total. The molecule has 1 saturated carbocycles. The Kier molecular flexibility index (Phi) is 4.54.